The molecule has 1 aromatic carbocycles. The van der Waals surface area contributed by atoms with Gasteiger partial charge in [-0.1, -0.05) is 6.07 Å². The van der Waals surface area contributed by atoms with E-state index in [1.807, 2.05) is 0 Å². The maximum atomic E-state index is 14.2. The van der Waals surface area contributed by atoms with Crippen LogP contribution < -0.4 is 5.32 Å². The number of halogens is 1. The average molecular weight is 366 g/mol. The zero-order chi connectivity index (χ0) is 18.0. The lowest BCUT2D eigenvalue weighted by Gasteiger charge is -2.21. The number of benzene rings is 1. The summed E-state index contributed by atoms with van der Waals surface area (Å²) in [5.74, 6) is -0.787. The highest BCUT2D eigenvalue weighted by molar-refractivity contribution is 7.88. The lowest BCUT2D eigenvalue weighted by Crippen LogP contribution is -2.45. The largest absolute Gasteiger partial charge is 0.351 e. The molecule has 25 heavy (non-hydrogen) atoms. The molecule has 1 atom stereocenters. The van der Waals surface area contributed by atoms with Gasteiger partial charge in [0.2, 0.25) is 15.9 Å². The van der Waals surface area contributed by atoms with Gasteiger partial charge in [0, 0.05) is 25.5 Å². The van der Waals surface area contributed by atoms with Gasteiger partial charge in [-0.2, -0.15) is 4.31 Å². The third-order valence-electron chi connectivity index (χ3n) is 4.19. The Morgan fingerprint density at radius 1 is 1.44 bits per heavy atom. The summed E-state index contributed by atoms with van der Waals surface area (Å²) in [4.78, 5) is 16.2. The highest BCUT2D eigenvalue weighted by Gasteiger charge is 2.36. The number of imidazole rings is 1. The molecule has 2 aromatic rings. The van der Waals surface area contributed by atoms with Crippen LogP contribution in [0, 0.1) is 5.82 Å². The number of carbonyl (C=O) groups is 1. The third-order valence-corrected chi connectivity index (χ3v) is 5.48. The van der Waals surface area contributed by atoms with Crippen molar-refractivity contribution < 1.29 is 17.6 Å². The normalized spacial score (nSPS) is 18.4. The monoisotopic (exact) mass is 366 g/mol. The molecule has 1 unspecified atom stereocenters. The van der Waals surface area contributed by atoms with Crippen LogP contribution in [-0.2, 0) is 21.4 Å². The predicted molar refractivity (Wildman–Crippen MR) is 89.9 cm³/mol. The summed E-state index contributed by atoms with van der Waals surface area (Å²) in [6.07, 6.45) is 6.94. The molecule has 0 aliphatic carbocycles. The number of aromatic nitrogens is 2. The molecule has 1 N–H and O–H groups in total. The van der Waals surface area contributed by atoms with Crippen LogP contribution in [0.3, 0.4) is 0 Å². The second-order valence-corrected chi connectivity index (χ2v) is 7.94. The van der Waals surface area contributed by atoms with Gasteiger partial charge in [0.25, 0.3) is 0 Å². The SMILES string of the molecule is CS(=O)(=O)N1CCCC1C(=O)NCc1ccc(-n2ccnc2)c(F)c1. The lowest BCUT2D eigenvalue weighted by molar-refractivity contribution is -0.124. The van der Waals surface area contributed by atoms with Crippen LogP contribution in [0.25, 0.3) is 5.69 Å². The molecule has 1 aliphatic heterocycles. The van der Waals surface area contributed by atoms with Gasteiger partial charge in [-0.05, 0) is 30.5 Å². The third kappa shape index (κ3) is 3.88. The van der Waals surface area contributed by atoms with E-state index < -0.39 is 21.9 Å². The first-order valence-electron chi connectivity index (χ1n) is 7.87. The Hall–Kier alpha value is -2.26. The van der Waals surface area contributed by atoms with Crippen LogP contribution in [0.2, 0.25) is 0 Å². The fourth-order valence-corrected chi connectivity index (χ4v) is 4.10. The quantitative estimate of drug-likeness (QED) is 0.857. The molecule has 1 aliphatic rings. The molecule has 0 saturated carbocycles. The standard InChI is InChI=1S/C16H19FN4O3S/c1-25(23,24)21-7-2-3-15(21)16(22)19-10-12-4-5-14(13(17)9-12)20-8-6-18-11-20/h4-6,8-9,11,15H,2-3,7,10H2,1H3,(H,19,22). The van der Waals surface area contributed by atoms with Crippen LogP contribution in [0.1, 0.15) is 18.4 Å². The van der Waals surface area contributed by atoms with E-state index in [0.29, 0.717) is 30.6 Å². The summed E-state index contributed by atoms with van der Waals surface area (Å²) in [7, 11) is -3.41. The fraction of sp³-hybridized carbons (Fsp3) is 0.375. The number of carbonyl (C=O) groups excluding carboxylic acids is 1. The van der Waals surface area contributed by atoms with Crippen molar-refractivity contribution in [3.8, 4) is 5.69 Å². The molecule has 1 amide bonds. The van der Waals surface area contributed by atoms with E-state index in [9.17, 15) is 17.6 Å². The minimum absolute atomic E-state index is 0.133. The minimum Gasteiger partial charge on any atom is -0.351 e. The van der Waals surface area contributed by atoms with E-state index in [0.717, 1.165) is 6.26 Å². The van der Waals surface area contributed by atoms with Crippen LogP contribution in [0.15, 0.2) is 36.9 Å². The van der Waals surface area contributed by atoms with Crippen molar-refractivity contribution in [2.45, 2.75) is 25.4 Å². The fourth-order valence-electron chi connectivity index (χ4n) is 2.98. The summed E-state index contributed by atoms with van der Waals surface area (Å²) in [5.41, 5.74) is 0.963. The van der Waals surface area contributed by atoms with Gasteiger partial charge in [-0.25, -0.2) is 17.8 Å². The maximum absolute atomic E-state index is 14.2. The molecular weight excluding hydrogens is 347 g/mol. The van der Waals surface area contributed by atoms with Crippen molar-refractivity contribution in [1.29, 1.82) is 0 Å². The van der Waals surface area contributed by atoms with Gasteiger partial charge in [-0.3, -0.25) is 4.79 Å². The molecule has 0 bridgehead atoms. The zero-order valence-electron chi connectivity index (χ0n) is 13.7. The molecule has 1 saturated heterocycles. The molecule has 1 aromatic heterocycles. The first-order valence-corrected chi connectivity index (χ1v) is 9.72. The Balaban J connectivity index is 1.66. The lowest BCUT2D eigenvalue weighted by atomic mass is 10.1. The molecule has 0 spiro atoms. The van der Waals surface area contributed by atoms with Crippen LogP contribution in [-0.4, -0.2) is 47.0 Å². The van der Waals surface area contributed by atoms with Crippen molar-refractivity contribution in [1.82, 2.24) is 19.2 Å². The van der Waals surface area contributed by atoms with Crippen LogP contribution in [0.5, 0.6) is 0 Å². The highest BCUT2D eigenvalue weighted by atomic mass is 32.2. The van der Waals surface area contributed by atoms with Gasteiger partial charge < -0.3 is 9.88 Å². The van der Waals surface area contributed by atoms with E-state index in [4.69, 9.17) is 0 Å². The summed E-state index contributed by atoms with van der Waals surface area (Å²) in [6, 6.07) is 3.97. The molecule has 7 nitrogen and oxygen atoms in total. The van der Waals surface area contributed by atoms with Crippen molar-refractivity contribution in [3.05, 3.63) is 48.3 Å². The van der Waals surface area contributed by atoms with E-state index in [-0.39, 0.29) is 12.5 Å². The van der Waals surface area contributed by atoms with Gasteiger partial charge >= 0.3 is 0 Å². The summed E-state index contributed by atoms with van der Waals surface area (Å²) in [5, 5.41) is 2.69. The van der Waals surface area contributed by atoms with Gasteiger partial charge in [0.1, 0.15) is 11.9 Å². The molecule has 2 heterocycles. The van der Waals surface area contributed by atoms with Crippen molar-refractivity contribution >= 4 is 15.9 Å². The van der Waals surface area contributed by atoms with Gasteiger partial charge in [0.15, 0.2) is 0 Å². The van der Waals surface area contributed by atoms with E-state index in [2.05, 4.69) is 10.3 Å². The smallest absolute Gasteiger partial charge is 0.238 e. The number of rotatable bonds is 5. The number of nitrogens with zero attached hydrogens (tertiary/aromatic N) is 3. The number of amides is 1. The summed E-state index contributed by atoms with van der Waals surface area (Å²) in [6.45, 7) is 0.485. The molecule has 1 fully saturated rings. The van der Waals surface area contributed by atoms with E-state index >= 15 is 0 Å². The topological polar surface area (TPSA) is 84.3 Å². The Morgan fingerprint density at radius 2 is 2.24 bits per heavy atom. The van der Waals surface area contributed by atoms with Crippen molar-refractivity contribution in [3.63, 3.8) is 0 Å². The molecule has 134 valence electrons. The number of hydrogen-bond acceptors (Lipinski definition) is 4. The van der Waals surface area contributed by atoms with Crippen molar-refractivity contribution in [2.75, 3.05) is 12.8 Å². The Morgan fingerprint density at radius 3 is 2.88 bits per heavy atom. The average Bonchev–Trinajstić information content (AvgIpc) is 3.23. The number of sulfonamides is 1. The Labute approximate surface area is 145 Å². The molecule has 9 heteroatoms. The maximum Gasteiger partial charge on any atom is 0.238 e. The van der Waals surface area contributed by atoms with Crippen molar-refractivity contribution in [2.24, 2.45) is 0 Å². The summed E-state index contributed by atoms with van der Waals surface area (Å²) < 4.78 is 40.4. The van der Waals surface area contributed by atoms with Crippen LogP contribution in [0.4, 0.5) is 4.39 Å². The Bertz CT molecular complexity index is 868. The second kappa shape index (κ2) is 6.93. The first kappa shape index (κ1) is 17.6. The van der Waals surface area contributed by atoms with Gasteiger partial charge in [0.05, 0.1) is 18.3 Å². The summed E-state index contributed by atoms with van der Waals surface area (Å²) >= 11 is 0. The highest BCUT2D eigenvalue weighted by Crippen LogP contribution is 2.21. The zero-order valence-corrected chi connectivity index (χ0v) is 14.5. The first-order chi connectivity index (χ1) is 11.9. The number of nitrogens with one attached hydrogen (secondary N) is 1. The molecule has 3 rings (SSSR count). The van der Waals surface area contributed by atoms with E-state index in [1.165, 1.54) is 16.7 Å². The second-order valence-electron chi connectivity index (χ2n) is 6.01. The van der Waals surface area contributed by atoms with Crippen LogP contribution >= 0.6 is 0 Å². The number of hydrogen-bond donors (Lipinski definition) is 1. The Kier molecular flexibility index (Phi) is 4.87. The molecular formula is C16H19FN4O3S. The minimum atomic E-state index is -3.41. The molecule has 0 radical (unpaired) electrons. The van der Waals surface area contributed by atoms with Gasteiger partial charge in [-0.15, -0.1) is 0 Å². The van der Waals surface area contributed by atoms with E-state index in [1.54, 1.807) is 29.1 Å². The predicted octanol–water partition coefficient (Wildman–Crippen LogP) is 1.05.